The van der Waals surface area contributed by atoms with E-state index in [0.717, 1.165) is 12.8 Å². The monoisotopic (exact) mass is 466 g/mol. The van der Waals surface area contributed by atoms with Gasteiger partial charge in [0.2, 0.25) is 0 Å². The molecule has 4 heteroatoms. The topological polar surface area (TPSA) is 18.5 Å². The third-order valence-electron chi connectivity index (χ3n) is 8.67. The lowest BCUT2D eigenvalue weighted by Gasteiger charge is -2.49. The number of fused-ring (bicyclic) bond motifs is 1. The molecular weight excluding hydrogens is 412 g/mol. The molecule has 2 saturated carbocycles. The van der Waals surface area contributed by atoms with Gasteiger partial charge in [-0.15, -0.1) is 0 Å². The van der Waals surface area contributed by atoms with E-state index in [0.29, 0.717) is 23.4 Å². The van der Waals surface area contributed by atoms with E-state index >= 15 is 0 Å². The normalized spacial score (nSPS) is 30.4. The van der Waals surface area contributed by atoms with E-state index in [1.54, 1.807) is 0 Å². The lowest BCUT2D eigenvalue weighted by molar-refractivity contribution is -0.00395. The average molecular weight is 467 g/mol. The SMILES string of the molecule is C=C(CCCC(C)(C)O[Si](C)(C)C)C1CCC2[C@@H](O[Si](C)(C)C(C)(C)C)CCC[C@]12C. The van der Waals surface area contributed by atoms with Gasteiger partial charge in [0.05, 0.1) is 5.60 Å². The number of rotatable bonds is 9. The Morgan fingerprint density at radius 1 is 1.00 bits per heavy atom. The summed E-state index contributed by atoms with van der Waals surface area (Å²) < 4.78 is 13.4. The number of allylic oxidation sites excluding steroid dienone is 1. The molecule has 182 valence electrons. The summed E-state index contributed by atoms with van der Waals surface area (Å²) in [5.74, 6) is 1.38. The Bertz CT molecular complexity index is 626. The largest absolute Gasteiger partial charge is 0.414 e. The van der Waals surface area contributed by atoms with Crippen LogP contribution in [0.1, 0.15) is 92.9 Å². The van der Waals surface area contributed by atoms with Crippen molar-refractivity contribution in [1.82, 2.24) is 0 Å². The highest BCUT2D eigenvalue weighted by atomic mass is 28.4. The Balaban J connectivity index is 2.00. The first kappa shape index (κ1) is 27.3. The van der Waals surface area contributed by atoms with E-state index in [2.05, 4.69) is 80.9 Å². The molecule has 4 atom stereocenters. The molecule has 0 radical (unpaired) electrons. The summed E-state index contributed by atoms with van der Waals surface area (Å²) in [4.78, 5) is 0. The van der Waals surface area contributed by atoms with E-state index < -0.39 is 16.6 Å². The Kier molecular flexibility index (Phi) is 8.28. The molecule has 0 aromatic rings. The van der Waals surface area contributed by atoms with Crippen molar-refractivity contribution in [2.75, 3.05) is 0 Å². The van der Waals surface area contributed by atoms with Crippen molar-refractivity contribution in [3.8, 4) is 0 Å². The molecule has 0 aromatic heterocycles. The van der Waals surface area contributed by atoms with Crippen molar-refractivity contribution < 1.29 is 8.85 Å². The fourth-order valence-electron chi connectivity index (χ4n) is 6.28. The molecule has 0 aliphatic heterocycles. The number of hydrogen-bond acceptors (Lipinski definition) is 2. The molecule has 0 aromatic carbocycles. The van der Waals surface area contributed by atoms with Crippen LogP contribution in [0.25, 0.3) is 0 Å². The zero-order valence-corrected chi connectivity index (χ0v) is 24.9. The maximum Gasteiger partial charge on any atom is 0.192 e. The Labute approximate surface area is 197 Å². The summed E-state index contributed by atoms with van der Waals surface area (Å²) in [7, 11) is -3.23. The van der Waals surface area contributed by atoms with Gasteiger partial charge in [0.25, 0.3) is 0 Å². The maximum absolute atomic E-state index is 7.02. The van der Waals surface area contributed by atoms with Gasteiger partial charge in [0, 0.05) is 6.10 Å². The fraction of sp³-hybridized carbons (Fsp3) is 0.926. The van der Waals surface area contributed by atoms with Crippen LogP contribution in [0.15, 0.2) is 12.2 Å². The van der Waals surface area contributed by atoms with Crippen LogP contribution in [0.3, 0.4) is 0 Å². The second-order valence-corrected chi connectivity index (χ2v) is 23.2. The molecule has 2 aliphatic carbocycles. The molecule has 0 N–H and O–H groups in total. The Morgan fingerprint density at radius 3 is 2.16 bits per heavy atom. The van der Waals surface area contributed by atoms with Crippen LogP contribution >= 0.6 is 0 Å². The third kappa shape index (κ3) is 6.80. The first-order valence-electron chi connectivity index (χ1n) is 12.9. The summed E-state index contributed by atoms with van der Waals surface area (Å²) in [6, 6.07) is 0. The quantitative estimate of drug-likeness (QED) is 0.249. The molecule has 0 spiro atoms. The van der Waals surface area contributed by atoms with Crippen LogP contribution in [0.2, 0.25) is 37.8 Å². The Morgan fingerprint density at radius 2 is 1.61 bits per heavy atom. The molecular formula is C27H54O2Si2. The lowest BCUT2D eigenvalue weighted by Crippen LogP contribution is -2.49. The van der Waals surface area contributed by atoms with E-state index in [4.69, 9.17) is 8.85 Å². The molecule has 2 fully saturated rings. The van der Waals surface area contributed by atoms with E-state index in [9.17, 15) is 0 Å². The molecule has 2 nitrogen and oxygen atoms in total. The van der Waals surface area contributed by atoms with Crippen LogP contribution in [0, 0.1) is 17.3 Å². The third-order valence-corrected chi connectivity index (χ3v) is 14.3. The predicted octanol–water partition coefficient (Wildman–Crippen LogP) is 8.95. The first-order chi connectivity index (χ1) is 13.9. The molecule has 2 unspecified atom stereocenters. The lowest BCUT2D eigenvalue weighted by atomic mass is 9.62. The second kappa shape index (κ2) is 9.39. The van der Waals surface area contributed by atoms with Crippen LogP contribution in [0.5, 0.6) is 0 Å². The highest BCUT2D eigenvalue weighted by molar-refractivity contribution is 6.74. The van der Waals surface area contributed by atoms with Crippen LogP contribution in [0.4, 0.5) is 0 Å². The van der Waals surface area contributed by atoms with E-state index in [-0.39, 0.29) is 10.6 Å². The van der Waals surface area contributed by atoms with Gasteiger partial charge in [-0.1, -0.05) is 46.3 Å². The highest BCUT2D eigenvalue weighted by Gasteiger charge is 2.53. The standard InChI is InChI=1S/C27H54O2Si2/c1-21(15-13-19-26(5,6)29-30(8,9)10)22-17-18-23-24(16-14-20-27(22,23)7)28-31(11,12)25(2,3)4/h22-24H,1,13-20H2,2-12H3/t22?,23?,24-,27+/m0/s1. The van der Waals surface area contributed by atoms with E-state index in [1.165, 1.54) is 44.1 Å². The van der Waals surface area contributed by atoms with Gasteiger partial charge in [0.1, 0.15) is 0 Å². The average Bonchev–Trinajstić information content (AvgIpc) is 2.89. The van der Waals surface area contributed by atoms with Gasteiger partial charge in [-0.2, -0.15) is 0 Å². The van der Waals surface area contributed by atoms with Gasteiger partial charge in [0.15, 0.2) is 16.6 Å². The van der Waals surface area contributed by atoms with Gasteiger partial charge in [-0.05, 0) is 114 Å². The van der Waals surface area contributed by atoms with Gasteiger partial charge < -0.3 is 8.85 Å². The molecule has 2 aliphatic rings. The smallest absolute Gasteiger partial charge is 0.192 e. The molecule has 0 amide bonds. The summed E-state index contributed by atoms with van der Waals surface area (Å²) in [6.07, 6.45) is 10.5. The first-order valence-corrected chi connectivity index (χ1v) is 19.3. The zero-order chi connectivity index (χ0) is 23.9. The minimum Gasteiger partial charge on any atom is -0.414 e. The minimum absolute atomic E-state index is 0.0141. The molecule has 0 bridgehead atoms. The van der Waals surface area contributed by atoms with Gasteiger partial charge in [-0.25, -0.2) is 0 Å². The number of hydrogen-bond donors (Lipinski definition) is 0. The van der Waals surface area contributed by atoms with Crippen LogP contribution in [-0.4, -0.2) is 28.3 Å². The van der Waals surface area contributed by atoms with Crippen molar-refractivity contribution in [2.24, 2.45) is 17.3 Å². The van der Waals surface area contributed by atoms with Crippen molar-refractivity contribution in [1.29, 1.82) is 0 Å². The van der Waals surface area contributed by atoms with Crippen molar-refractivity contribution in [3.63, 3.8) is 0 Å². The maximum atomic E-state index is 7.02. The molecule has 0 heterocycles. The molecule has 31 heavy (non-hydrogen) atoms. The highest BCUT2D eigenvalue weighted by Crippen LogP contribution is 2.59. The summed E-state index contributed by atoms with van der Waals surface area (Å²) in [5, 5.41) is 0.285. The summed E-state index contributed by atoms with van der Waals surface area (Å²) in [5.41, 5.74) is 1.87. The second-order valence-electron chi connectivity index (χ2n) is 14.0. The summed E-state index contributed by atoms with van der Waals surface area (Å²) >= 11 is 0. The molecule has 2 rings (SSSR count). The molecule has 0 saturated heterocycles. The van der Waals surface area contributed by atoms with Crippen molar-refractivity contribution in [2.45, 2.75) is 142 Å². The van der Waals surface area contributed by atoms with Crippen molar-refractivity contribution in [3.05, 3.63) is 12.2 Å². The fourth-order valence-corrected chi connectivity index (χ4v) is 9.43. The van der Waals surface area contributed by atoms with E-state index in [1.807, 2.05) is 0 Å². The minimum atomic E-state index is -1.73. The van der Waals surface area contributed by atoms with Gasteiger partial charge >= 0.3 is 0 Å². The Hall–Kier alpha value is 0.0938. The van der Waals surface area contributed by atoms with Crippen molar-refractivity contribution >= 4 is 16.6 Å². The van der Waals surface area contributed by atoms with Crippen LogP contribution < -0.4 is 0 Å². The van der Waals surface area contributed by atoms with Gasteiger partial charge in [-0.3, -0.25) is 0 Å². The zero-order valence-electron chi connectivity index (χ0n) is 22.9. The van der Waals surface area contributed by atoms with Crippen LogP contribution in [-0.2, 0) is 8.85 Å². The predicted molar refractivity (Wildman–Crippen MR) is 142 cm³/mol. The summed E-state index contributed by atoms with van der Waals surface area (Å²) in [6.45, 7) is 30.6.